The number of nitrogens with two attached hydrogens (primary N) is 1. The van der Waals surface area contributed by atoms with Crippen molar-refractivity contribution in [2.24, 2.45) is 0 Å². The molecule has 0 amide bonds. The van der Waals surface area contributed by atoms with Crippen molar-refractivity contribution in [3.63, 3.8) is 0 Å². The second-order valence-electron chi connectivity index (χ2n) is 6.97. The Kier molecular flexibility index (Phi) is 7.16. The van der Waals surface area contributed by atoms with Crippen LogP contribution >= 0.6 is 11.3 Å². The van der Waals surface area contributed by atoms with E-state index in [9.17, 15) is 14.4 Å². The number of nitrogen functional groups attached to an aromatic ring is 1. The normalized spacial score (nSPS) is 11.0. The standard InChI is InChI=1S/C22H23NO8S/c1-11(2)29-9-13-12-7-5-6-8-15(12)31-17(13)21(25)30-10-14-16(20(24)27-3)19(23)32-18(14)22(26)28-4/h5-8,11H,9-10,23H2,1-4H3. The van der Waals surface area contributed by atoms with Gasteiger partial charge in [0.2, 0.25) is 5.76 Å². The molecule has 10 heteroatoms. The van der Waals surface area contributed by atoms with Crippen LogP contribution in [0.25, 0.3) is 11.0 Å². The van der Waals surface area contributed by atoms with Crippen molar-refractivity contribution < 1.29 is 37.7 Å². The Morgan fingerprint density at radius 1 is 1.00 bits per heavy atom. The van der Waals surface area contributed by atoms with Gasteiger partial charge >= 0.3 is 17.9 Å². The predicted octanol–water partition coefficient (Wildman–Crippen LogP) is 3.93. The first kappa shape index (κ1) is 23.3. The molecule has 0 spiro atoms. The van der Waals surface area contributed by atoms with Crippen molar-refractivity contribution in [2.45, 2.75) is 33.2 Å². The summed E-state index contributed by atoms with van der Waals surface area (Å²) >= 11 is 0.851. The van der Waals surface area contributed by atoms with Gasteiger partial charge in [-0.15, -0.1) is 11.3 Å². The number of fused-ring (bicyclic) bond motifs is 1. The quantitative estimate of drug-likeness (QED) is 0.392. The predicted molar refractivity (Wildman–Crippen MR) is 117 cm³/mol. The Bertz CT molecular complexity index is 1160. The van der Waals surface area contributed by atoms with Crippen LogP contribution in [0.1, 0.15) is 55.6 Å². The minimum absolute atomic E-state index is 0.0192. The van der Waals surface area contributed by atoms with Crippen molar-refractivity contribution in [1.82, 2.24) is 0 Å². The highest BCUT2D eigenvalue weighted by Crippen LogP contribution is 2.34. The van der Waals surface area contributed by atoms with Crippen LogP contribution < -0.4 is 5.73 Å². The first-order valence-electron chi connectivity index (χ1n) is 9.65. The number of hydrogen-bond acceptors (Lipinski definition) is 10. The smallest absolute Gasteiger partial charge is 0.374 e. The minimum atomic E-state index is -0.778. The van der Waals surface area contributed by atoms with Gasteiger partial charge in [-0.2, -0.15) is 0 Å². The van der Waals surface area contributed by atoms with Gasteiger partial charge in [0.1, 0.15) is 27.6 Å². The van der Waals surface area contributed by atoms with Crippen molar-refractivity contribution >= 4 is 45.2 Å². The maximum atomic E-state index is 12.9. The molecule has 32 heavy (non-hydrogen) atoms. The van der Waals surface area contributed by atoms with E-state index < -0.39 is 24.5 Å². The highest BCUT2D eigenvalue weighted by Gasteiger charge is 2.29. The summed E-state index contributed by atoms with van der Waals surface area (Å²) in [5.41, 5.74) is 7.02. The molecule has 0 unspecified atom stereocenters. The zero-order valence-electron chi connectivity index (χ0n) is 18.1. The molecule has 0 bridgehead atoms. The molecule has 0 saturated heterocycles. The second kappa shape index (κ2) is 9.84. The van der Waals surface area contributed by atoms with Crippen LogP contribution in [0.3, 0.4) is 0 Å². The van der Waals surface area contributed by atoms with E-state index in [2.05, 4.69) is 0 Å². The van der Waals surface area contributed by atoms with Crippen molar-refractivity contribution in [2.75, 3.05) is 20.0 Å². The lowest BCUT2D eigenvalue weighted by Crippen LogP contribution is -2.13. The van der Waals surface area contributed by atoms with Gasteiger partial charge in [-0.25, -0.2) is 14.4 Å². The number of carbonyl (C=O) groups excluding carboxylic acids is 3. The molecule has 0 aliphatic carbocycles. The van der Waals surface area contributed by atoms with Crippen LogP contribution in [0.15, 0.2) is 28.7 Å². The Hall–Kier alpha value is -3.37. The van der Waals surface area contributed by atoms with Gasteiger partial charge in [0.25, 0.3) is 0 Å². The molecule has 0 radical (unpaired) electrons. The summed E-state index contributed by atoms with van der Waals surface area (Å²) in [4.78, 5) is 37.3. The van der Waals surface area contributed by atoms with E-state index in [0.717, 1.165) is 16.7 Å². The van der Waals surface area contributed by atoms with Gasteiger partial charge in [0.05, 0.1) is 26.9 Å². The number of anilines is 1. The fraction of sp³-hybridized carbons (Fsp3) is 0.318. The SMILES string of the molecule is COC(=O)c1sc(N)c(C(=O)OC)c1COC(=O)c1oc2ccccc2c1COC(C)C. The summed E-state index contributed by atoms with van der Waals surface area (Å²) in [6.45, 7) is 3.49. The topological polar surface area (TPSA) is 127 Å². The van der Waals surface area contributed by atoms with Crippen molar-refractivity contribution in [1.29, 1.82) is 0 Å². The average Bonchev–Trinajstić information content (AvgIpc) is 3.32. The minimum Gasteiger partial charge on any atom is -0.465 e. The highest BCUT2D eigenvalue weighted by atomic mass is 32.1. The number of esters is 3. The number of carbonyl (C=O) groups is 3. The zero-order valence-corrected chi connectivity index (χ0v) is 18.9. The Labute approximate surface area is 188 Å². The zero-order chi connectivity index (χ0) is 23.4. The Balaban J connectivity index is 1.94. The monoisotopic (exact) mass is 461 g/mol. The number of ether oxygens (including phenoxy) is 4. The summed E-state index contributed by atoms with van der Waals surface area (Å²) < 4.78 is 26.3. The van der Waals surface area contributed by atoms with E-state index in [1.807, 2.05) is 26.0 Å². The maximum absolute atomic E-state index is 12.9. The van der Waals surface area contributed by atoms with Crippen LogP contribution in [0.5, 0.6) is 0 Å². The van der Waals surface area contributed by atoms with Crippen LogP contribution in [0.2, 0.25) is 0 Å². The van der Waals surface area contributed by atoms with E-state index in [-0.39, 0.29) is 39.5 Å². The lowest BCUT2D eigenvalue weighted by molar-refractivity contribution is 0.0399. The largest absolute Gasteiger partial charge is 0.465 e. The molecule has 2 N–H and O–H groups in total. The van der Waals surface area contributed by atoms with Gasteiger partial charge in [0.15, 0.2) is 0 Å². The highest BCUT2D eigenvalue weighted by molar-refractivity contribution is 7.18. The summed E-state index contributed by atoms with van der Waals surface area (Å²) in [5, 5.41) is 0.781. The summed E-state index contributed by atoms with van der Waals surface area (Å²) in [6, 6.07) is 7.16. The number of methoxy groups -OCH3 is 2. The molecule has 1 aromatic carbocycles. The molecule has 2 aromatic heterocycles. The molecular weight excluding hydrogens is 438 g/mol. The molecule has 3 rings (SSSR count). The molecule has 0 aliphatic rings. The molecule has 9 nitrogen and oxygen atoms in total. The third-order valence-corrected chi connectivity index (χ3v) is 5.63. The van der Waals surface area contributed by atoms with E-state index in [1.54, 1.807) is 12.1 Å². The maximum Gasteiger partial charge on any atom is 0.374 e. The van der Waals surface area contributed by atoms with Gasteiger partial charge < -0.3 is 29.1 Å². The molecule has 0 atom stereocenters. The van der Waals surface area contributed by atoms with E-state index in [0.29, 0.717) is 11.1 Å². The van der Waals surface area contributed by atoms with Gasteiger partial charge in [-0.1, -0.05) is 18.2 Å². The van der Waals surface area contributed by atoms with E-state index >= 15 is 0 Å². The lowest BCUT2D eigenvalue weighted by Gasteiger charge is -2.09. The summed E-state index contributed by atoms with van der Waals surface area (Å²) in [7, 11) is 2.38. The number of para-hydroxylation sites is 1. The van der Waals surface area contributed by atoms with Gasteiger partial charge in [0, 0.05) is 16.5 Å². The van der Waals surface area contributed by atoms with Gasteiger partial charge in [-0.05, 0) is 19.9 Å². The molecule has 3 aromatic rings. The number of thiophene rings is 1. The number of furan rings is 1. The van der Waals surface area contributed by atoms with E-state index in [1.165, 1.54) is 14.2 Å². The first-order valence-corrected chi connectivity index (χ1v) is 10.5. The number of rotatable bonds is 8. The average molecular weight is 461 g/mol. The van der Waals surface area contributed by atoms with Crippen molar-refractivity contribution in [3.8, 4) is 0 Å². The van der Waals surface area contributed by atoms with Crippen LogP contribution in [-0.4, -0.2) is 38.2 Å². The number of benzene rings is 1. The number of hydrogen-bond donors (Lipinski definition) is 1. The lowest BCUT2D eigenvalue weighted by atomic mass is 10.1. The molecule has 0 aliphatic heterocycles. The van der Waals surface area contributed by atoms with Gasteiger partial charge in [-0.3, -0.25) is 0 Å². The second-order valence-corrected chi connectivity index (χ2v) is 8.03. The van der Waals surface area contributed by atoms with Crippen LogP contribution in [-0.2, 0) is 32.2 Å². The Morgan fingerprint density at radius 2 is 1.69 bits per heavy atom. The van der Waals surface area contributed by atoms with E-state index in [4.69, 9.17) is 29.1 Å². The summed E-state index contributed by atoms with van der Waals surface area (Å²) in [5.74, 6) is -2.26. The Morgan fingerprint density at radius 3 is 2.34 bits per heavy atom. The fourth-order valence-corrected chi connectivity index (χ4v) is 4.05. The third-order valence-electron chi connectivity index (χ3n) is 4.59. The molecule has 170 valence electrons. The molecular formula is C22H23NO8S. The molecule has 0 fully saturated rings. The first-order chi connectivity index (χ1) is 15.3. The molecule has 2 heterocycles. The van der Waals surface area contributed by atoms with Crippen LogP contribution in [0.4, 0.5) is 5.00 Å². The van der Waals surface area contributed by atoms with Crippen LogP contribution in [0, 0.1) is 0 Å². The van der Waals surface area contributed by atoms with Crippen molar-refractivity contribution in [3.05, 3.63) is 51.6 Å². The molecule has 0 saturated carbocycles. The fourth-order valence-electron chi connectivity index (χ4n) is 3.07. The summed E-state index contributed by atoms with van der Waals surface area (Å²) in [6.07, 6.45) is -0.0634. The third kappa shape index (κ3) is 4.61.